The largest absolute Gasteiger partial charge is 0.327 e. The van der Waals surface area contributed by atoms with E-state index in [2.05, 4.69) is 20.2 Å². The third kappa shape index (κ3) is 2.36. The van der Waals surface area contributed by atoms with Gasteiger partial charge in [0, 0.05) is 12.7 Å². The summed E-state index contributed by atoms with van der Waals surface area (Å²) in [4.78, 5) is 23.9. The number of rotatable bonds is 2. The Balaban J connectivity index is 1.75. The van der Waals surface area contributed by atoms with E-state index in [4.69, 9.17) is 11.6 Å². The zero-order chi connectivity index (χ0) is 16.8. The molecule has 0 aromatic carbocycles. The van der Waals surface area contributed by atoms with Gasteiger partial charge in [0.2, 0.25) is 0 Å². The number of H-pyrrole nitrogens is 1. The Bertz CT molecular complexity index is 930. The zero-order valence-electron chi connectivity index (χ0n) is 13.5. The van der Waals surface area contributed by atoms with Gasteiger partial charge < -0.3 is 4.90 Å². The standard InChI is InChI=1S/C16H17ClN6O/c1-9-14(23-8-11(17)5-6-13(23)18-9)16(24)22-7-3-4-12(22)15-19-10(2)20-21-15/h5-6,8,12H,3-4,7H2,1-2H3,(H,19,20,21)/t12-/m0/s1. The summed E-state index contributed by atoms with van der Waals surface area (Å²) in [6.45, 7) is 4.38. The van der Waals surface area contributed by atoms with Gasteiger partial charge in [-0.05, 0) is 38.8 Å². The molecule has 124 valence electrons. The van der Waals surface area contributed by atoms with E-state index >= 15 is 0 Å². The van der Waals surface area contributed by atoms with Crippen molar-refractivity contribution in [2.75, 3.05) is 6.54 Å². The van der Waals surface area contributed by atoms with Crippen LogP contribution in [-0.2, 0) is 0 Å². The van der Waals surface area contributed by atoms with Gasteiger partial charge in [-0.1, -0.05) is 11.6 Å². The number of imidazole rings is 1. The minimum atomic E-state index is -0.105. The quantitative estimate of drug-likeness (QED) is 0.775. The number of hydrogen-bond acceptors (Lipinski definition) is 4. The molecule has 1 aliphatic heterocycles. The van der Waals surface area contributed by atoms with Gasteiger partial charge in [0.05, 0.1) is 16.8 Å². The Morgan fingerprint density at radius 1 is 1.33 bits per heavy atom. The van der Waals surface area contributed by atoms with E-state index in [1.54, 1.807) is 16.7 Å². The summed E-state index contributed by atoms with van der Waals surface area (Å²) in [5, 5.41) is 7.66. The van der Waals surface area contributed by atoms with Crippen molar-refractivity contribution in [2.24, 2.45) is 0 Å². The zero-order valence-corrected chi connectivity index (χ0v) is 14.2. The van der Waals surface area contributed by atoms with Crippen LogP contribution in [0.3, 0.4) is 0 Å². The summed E-state index contributed by atoms with van der Waals surface area (Å²) >= 11 is 6.09. The van der Waals surface area contributed by atoms with Gasteiger partial charge in [0.1, 0.15) is 17.2 Å². The predicted molar refractivity (Wildman–Crippen MR) is 89.1 cm³/mol. The second-order valence-electron chi connectivity index (χ2n) is 6.06. The van der Waals surface area contributed by atoms with Gasteiger partial charge in [-0.25, -0.2) is 9.97 Å². The Labute approximate surface area is 143 Å². The number of halogens is 1. The number of aromatic amines is 1. The first kappa shape index (κ1) is 15.1. The van der Waals surface area contributed by atoms with Crippen molar-refractivity contribution >= 4 is 23.2 Å². The maximum Gasteiger partial charge on any atom is 0.273 e. The Morgan fingerprint density at radius 2 is 2.17 bits per heavy atom. The molecule has 3 aromatic rings. The lowest BCUT2D eigenvalue weighted by Crippen LogP contribution is -2.32. The van der Waals surface area contributed by atoms with Gasteiger partial charge in [-0.2, -0.15) is 5.10 Å². The first-order chi connectivity index (χ1) is 11.5. The van der Waals surface area contributed by atoms with Crippen LogP contribution in [0.1, 0.15) is 46.7 Å². The third-order valence-electron chi connectivity index (χ3n) is 4.39. The van der Waals surface area contributed by atoms with Crippen molar-refractivity contribution in [1.29, 1.82) is 0 Å². The SMILES string of the molecule is Cc1nc([C@@H]2CCCN2C(=O)c2c(C)nc3ccc(Cl)cn23)n[nH]1. The highest BCUT2D eigenvalue weighted by Crippen LogP contribution is 2.32. The molecule has 1 saturated heterocycles. The number of carbonyl (C=O) groups excluding carboxylic acids is 1. The van der Waals surface area contributed by atoms with Crippen LogP contribution in [-0.4, -0.2) is 41.9 Å². The Morgan fingerprint density at radius 3 is 2.92 bits per heavy atom. The highest BCUT2D eigenvalue weighted by molar-refractivity contribution is 6.30. The molecule has 1 amide bonds. The maximum absolute atomic E-state index is 13.2. The van der Waals surface area contributed by atoms with Crippen LogP contribution in [0.15, 0.2) is 18.3 Å². The fourth-order valence-corrected chi connectivity index (χ4v) is 3.48. The molecule has 24 heavy (non-hydrogen) atoms. The molecule has 1 fully saturated rings. The number of aryl methyl sites for hydroxylation is 2. The number of hydrogen-bond donors (Lipinski definition) is 1. The molecule has 3 aromatic heterocycles. The molecule has 0 spiro atoms. The summed E-state index contributed by atoms with van der Waals surface area (Å²) in [6.07, 6.45) is 3.52. The molecule has 0 radical (unpaired) electrons. The number of likely N-dealkylation sites (tertiary alicyclic amines) is 1. The van der Waals surface area contributed by atoms with Crippen molar-refractivity contribution in [3.8, 4) is 0 Å². The second kappa shape index (κ2) is 5.59. The Kier molecular flexibility index (Phi) is 3.53. The molecule has 1 N–H and O–H groups in total. The van der Waals surface area contributed by atoms with Gasteiger partial charge in [0.15, 0.2) is 5.82 Å². The number of aromatic nitrogens is 5. The first-order valence-corrected chi connectivity index (χ1v) is 8.26. The van der Waals surface area contributed by atoms with Crippen molar-refractivity contribution in [3.05, 3.63) is 46.4 Å². The highest BCUT2D eigenvalue weighted by Gasteiger charge is 2.35. The van der Waals surface area contributed by atoms with Crippen LogP contribution in [0.5, 0.6) is 0 Å². The van der Waals surface area contributed by atoms with E-state index in [9.17, 15) is 4.79 Å². The van der Waals surface area contributed by atoms with E-state index in [0.717, 1.165) is 18.7 Å². The average molecular weight is 345 g/mol. The molecule has 0 bridgehead atoms. The molecule has 8 heteroatoms. The minimum absolute atomic E-state index is 0.0628. The van der Waals surface area contributed by atoms with Crippen molar-refractivity contribution < 1.29 is 4.79 Å². The molecular formula is C16H17ClN6O. The predicted octanol–water partition coefficient (Wildman–Crippen LogP) is 2.70. The number of nitrogens with one attached hydrogen (secondary N) is 1. The minimum Gasteiger partial charge on any atom is -0.327 e. The van der Waals surface area contributed by atoms with E-state index in [1.807, 2.05) is 24.8 Å². The van der Waals surface area contributed by atoms with E-state index in [0.29, 0.717) is 34.4 Å². The van der Waals surface area contributed by atoms with Gasteiger partial charge in [0.25, 0.3) is 5.91 Å². The fourth-order valence-electron chi connectivity index (χ4n) is 3.32. The van der Waals surface area contributed by atoms with Crippen molar-refractivity contribution in [1.82, 2.24) is 29.5 Å². The summed E-state index contributed by atoms with van der Waals surface area (Å²) < 4.78 is 1.76. The number of fused-ring (bicyclic) bond motifs is 1. The lowest BCUT2D eigenvalue weighted by Gasteiger charge is -2.22. The number of nitrogens with zero attached hydrogens (tertiary/aromatic N) is 5. The van der Waals surface area contributed by atoms with E-state index in [1.165, 1.54) is 0 Å². The maximum atomic E-state index is 13.2. The highest BCUT2D eigenvalue weighted by atomic mass is 35.5. The van der Waals surface area contributed by atoms with Crippen LogP contribution in [0, 0.1) is 13.8 Å². The van der Waals surface area contributed by atoms with Crippen molar-refractivity contribution in [3.63, 3.8) is 0 Å². The molecule has 0 unspecified atom stereocenters. The lowest BCUT2D eigenvalue weighted by atomic mass is 10.2. The summed E-state index contributed by atoms with van der Waals surface area (Å²) in [6, 6.07) is 3.48. The molecule has 1 aliphatic rings. The molecule has 0 saturated carbocycles. The van der Waals surface area contributed by atoms with Gasteiger partial charge in [-0.3, -0.25) is 14.3 Å². The average Bonchev–Trinajstić information content (AvgIpc) is 3.24. The van der Waals surface area contributed by atoms with Gasteiger partial charge in [-0.15, -0.1) is 0 Å². The third-order valence-corrected chi connectivity index (χ3v) is 4.61. The topological polar surface area (TPSA) is 79.2 Å². The van der Waals surface area contributed by atoms with Crippen molar-refractivity contribution in [2.45, 2.75) is 32.7 Å². The van der Waals surface area contributed by atoms with Crippen LogP contribution in [0.4, 0.5) is 0 Å². The molecular weight excluding hydrogens is 328 g/mol. The number of carbonyl (C=O) groups is 1. The van der Waals surface area contributed by atoms with Crippen LogP contribution in [0.2, 0.25) is 5.02 Å². The smallest absolute Gasteiger partial charge is 0.273 e. The Hall–Kier alpha value is -2.41. The molecule has 7 nitrogen and oxygen atoms in total. The van der Waals surface area contributed by atoms with Gasteiger partial charge >= 0.3 is 0 Å². The lowest BCUT2D eigenvalue weighted by molar-refractivity contribution is 0.0722. The van der Waals surface area contributed by atoms with E-state index < -0.39 is 0 Å². The summed E-state index contributed by atoms with van der Waals surface area (Å²) in [5.41, 5.74) is 1.95. The molecule has 0 aliphatic carbocycles. The monoisotopic (exact) mass is 344 g/mol. The van der Waals surface area contributed by atoms with Crippen LogP contribution >= 0.6 is 11.6 Å². The summed E-state index contributed by atoms with van der Waals surface area (Å²) in [5.74, 6) is 1.36. The van der Waals surface area contributed by atoms with Crippen LogP contribution in [0.25, 0.3) is 5.65 Å². The number of amides is 1. The molecule has 1 atom stereocenters. The number of pyridine rings is 1. The fraction of sp³-hybridized carbons (Fsp3) is 0.375. The molecule has 4 rings (SSSR count). The summed E-state index contributed by atoms with van der Waals surface area (Å²) in [7, 11) is 0. The first-order valence-electron chi connectivity index (χ1n) is 7.88. The normalized spacial score (nSPS) is 17.8. The second-order valence-corrected chi connectivity index (χ2v) is 6.49. The van der Waals surface area contributed by atoms with E-state index in [-0.39, 0.29) is 11.9 Å². The van der Waals surface area contributed by atoms with Crippen LogP contribution < -0.4 is 0 Å². The molecule has 4 heterocycles.